The second kappa shape index (κ2) is 8.61. The maximum Gasteiger partial charge on any atom is 0.0314 e. The summed E-state index contributed by atoms with van der Waals surface area (Å²) in [7, 11) is 0. The highest BCUT2D eigenvalue weighted by Crippen LogP contribution is 2.22. The van der Waals surface area contributed by atoms with Crippen molar-refractivity contribution in [3.63, 3.8) is 0 Å². The molecule has 0 saturated carbocycles. The Morgan fingerprint density at radius 3 is 1.61 bits per heavy atom. The van der Waals surface area contributed by atoms with E-state index in [1.54, 1.807) is 0 Å². The van der Waals surface area contributed by atoms with Gasteiger partial charge in [-0.05, 0) is 59.6 Å². The lowest BCUT2D eigenvalue weighted by molar-refractivity contribution is 0.587. The van der Waals surface area contributed by atoms with Crippen molar-refractivity contribution in [3.05, 3.63) is 59.7 Å². The fraction of sp³-hybridized carbons (Fsp3) is 0.429. The zero-order valence-electron chi connectivity index (χ0n) is 15.3. The number of hydrogen-bond acceptors (Lipinski definition) is 2. The van der Waals surface area contributed by atoms with Crippen molar-refractivity contribution in [3.8, 4) is 0 Å². The molecular weight excluding hydrogens is 280 g/mol. The molecule has 2 aromatic carbocycles. The smallest absolute Gasteiger partial charge is 0.0314 e. The molecule has 0 unspecified atom stereocenters. The van der Waals surface area contributed by atoms with Gasteiger partial charge in [0, 0.05) is 11.4 Å². The first-order valence-electron chi connectivity index (χ1n) is 8.39. The molecule has 2 rings (SSSR count). The summed E-state index contributed by atoms with van der Waals surface area (Å²) < 4.78 is 0. The van der Waals surface area contributed by atoms with Crippen molar-refractivity contribution in [2.24, 2.45) is 5.92 Å². The Kier molecular flexibility index (Phi) is 7.15. The molecule has 2 aromatic rings. The molecule has 0 atom stereocenters. The van der Waals surface area contributed by atoms with Crippen LogP contribution in [0.15, 0.2) is 48.5 Å². The van der Waals surface area contributed by atoms with Crippen molar-refractivity contribution >= 4 is 11.4 Å². The predicted octanol–water partition coefficient (Wildman–Crippen LogP) is 5.42. The van der Waals surface area contributed by atoms with Gasteiger partial charge in [0.1, 0.15) is 0 Å². The minimum atomic E-state index is 0.230. The molecule has 0 fully saturated rings. The van der Waals surface area contributed by atoms with Crippen LogP contribution in [-0.2, 0) is 11.8 Å². The Labute approximate surface area is 141 Å². The van der Waals surface area contributed by atoms with E-state index in [-0.39, 0.29) is 5.41 Å². The number of aryl methyl sites for hydroxylation is 1. The summed E-state index contributed by atoms with van der Waals surface area (Å²) >= 11 is 0. The fourth-order valence-corrected chi connectivity index (χ4v) is 2.12. The van der Waals surface area contributed by atoms with Crippen LogP contribution in [0.3, 0.4) is 0 Å². The molecule has 0 aromatic heterocycles. The van der Waals surface area contributed by atoms with Crippen LogP contribution in [-0.4, -0.2) is 0 Å². The van der Waals surface area contributed by atoms with Crippen LogP contribution in [0.1, 0.15) is 52.2 Å². The van der Waals surface area contributed by atoms with Gasteiger partial charge < -0.3 is 11.5 Å². The zero-order valence-corrected chi connectivity index (χ0v) is 15.3. The van der Waals surface area contributed by atoms with Gasteiger partial charge in [-0.25, -0.2) is 0 Å². The van der Waals surface area contributed by atoms with E-state index in [2.05, 4.69) is 58.9 Å². The largest absolute Gasteiger partial charge is 0.399 e. The van der Waals surface area contributed by atoms with Crippen LogP contribution < -0.4 is 11.5 Å². The van der Waals surface area contributed by atoms with Gasteiger partial charge in [-0.2, -0.15) is 0 Å². The van der Waals surface area contributed by atoms with E-state index in [9.17, 15) is 0 Å². The molecular formula is C21H32N2. The highest BCUT2D eigenvalue weighted by Gasteiger charge is 2.12. The van der Waals surface area contributed by atoms with Crippen molar-refractivity contribution in [1.29, 1.82) is 0 Å². The number of hydrogen-bond donors (Lipinski definition) is 2. The lowest BCUT2D eigenvalue weighted by Crippen LogP contribution is -2.10. The molecule has 0 saturated heterocycles. The Morgan fingerprint density at radius 1 is 0.783 bits per heavy atom. The van der Waals surface area contributed by atoms with E-state index >= 15 is 0 Å². The first-order chi connectivity index (χ1) is 10.7. The molecule has 0 amide bonds. The molecule has 0 radical (unpaired) electrons. The summed E-state index contributed by atoms with van der Waals surface area (Å²) in [5, 5.41) is 0. The number of benzene rings is 2. The SMILES string of the molecule is CC(C)(C)c1ccc(N)cc1.CC(C)CCc1ccc(N)cc1. The van der Waals surface area contributed by atoms with E-state index in [1.807, 2.05) is 24.3 Å². The minimum Gasteiger partial charge on any atom is -0.399 e. The van der Waals surface area contributed by atoms with E-state index in [0.717, 1.165) is 23.7 Å². The molecule has 2 nitrogen and oxygen atoms in total. The summed E-state index contributed by atoms with van der Waals surface area (Å²) in [6, 6.07) is 16.2. The van der Waals surface area contributed by atoms with E-state index in [4.69, 9.17) is 11.5 Å². The predicted molar refractivity (Wildman–Crippen MR) is 104 cm³/mol. The van der Waals surface area contributed by atoms with Crippen molar-refractivity contribution in [2.75, 3.05) is 11.5 Å². The van der Waals surface area contributed by atoms with Crippen molar-refractivity contribution in [1.82, 2.24) is 0 Å². The summed E-state index contributed by atoms with van der Waals surface area (Å²) in [6.45, 7) is 11.1. The van der Waals surface area contributed by atoms with Gasteiger partial charge in [0.05, 0.1) is 0 Å². The summed E-state index contributed by atoms with van der Waals surface area (Å²) in [5.74, 6) is 0.780. The van der Waals surface area contributed by atoms with Gasteiger partial charge in [-0.15, -0.1) is 0 Å². The Hall–Kier alpha value is -1.96. The molecule has 0 heterocycles. The van der Waals surface area contributed by atoms with Gasteiger partial charge >= 0.3 is 0 Å². The van der Waals surface area contributed by atoms with E-state index < -0.39 is 0 Å². The molecule has 2 heteroatoms. The third-order valence-corrected chi connectivity index (χ3v) is 3.77. The van der Waals surface area contributed by atoms with Crippen LogP contribution in [0.4, 0.5) is 11.4 Å². The topological polar surface area (TPSA) is 52.0 Å². The first-order valence-corrected chi connectivity index (χ1v) is 8.39. The summed E-state index contributed by atoms with van der Waals surface area (Å²) in [5.41, 5.74) is 15.8. The summed E-state index contributed by atoms with van der Waals surface area (Å²) in [6.07, 6.45) is 2.42. The summed E-state index contributed by atoms with van der Waals surface area (Å²) in [4.78, 5) is 0. The first kappa shape index (κ1) is 19.1. The highest BCUT2D eigenvalue weighted by molar-refractivity contribution is 5.41. The average molecular weight is 313 g/mol. The third-order valence-electron chi connectivity index (χ3n) is 3.77. The normalized spacial score (nSPS) is 11.0. The molecule has 0 aliphatic heterocycles. The van der Waals surface area contributed by atoms with Crippen molar-refractivity contribution in [2.45, 2.75) is 52.9 Å². The highest BCUT2D eigenvalue weighted by atomic mass is 14.5. The molecule has 0 spiro atoms. The molecule has 4 N–H and O–H groups in total. The molecule has 0 bridgehead atoms. The lowest BCUT2D eigenvalue weighted by Gasteiger charge is -2.18. The van der Waals surface area contributed by atoms with E-state index in [1.165, 1.54) is 17.5 Å². The quantitative estimate of drug-likeness (QED) is 0.743. The van der Waals surface area contributed by atoms with Crippen LogP contribution >= 0.6 is 0 Å². The number of rotatable bonds is 3. The van der Waals surface area contributed by atoms with Gasteiger partial charge in [0.25, 0.3) is 0 Å². The standard InChI is InChI=1S/C11H17N.C10H15N/c1-9(2)3-4-10-5-7-11(12)8-6-10;1-10(2,3)8-4-6-9(11)7-5-8/h5-9H,3-4,12H2,1-2H3;4-7H,11H2,1-3H3. The van der Waals surface area contributed by atoms with Crippen LogP contribution in [0.5, 0.6) is 0 Å². The molecule has 23 heavy (non-hydrogen) atoms. The Balaban J connectivity index is 0.000000231. The van der Waals surface area contributed by atoms with E-state index in [0.29, 0.717) is 0 Å². The second-order valence-corrected chi connectivity index (χ2v) is 7.55. The van der Waals surface area contributed by atoms with Gasteiger partial charge in [0.15, 0.2) is 0 Å². The second-order valence-electron chi connectivity index (χ2n) is 7.55. The number of nitrogens with two attached hydrogens (primary N) is 2. The third kappa shape index (κ3) is 7.73. The van der Waals surface area contributed by atoms with Crippen LogP contribution in [0, 0.1) is 5.92 Å². The zero-order chi connectivity index (χ0) is 17.5. The maximum absolute atomic E-state index is 5.58. The molecule has 126 valence electrons. The monoisotopic (exact) mass is 312 g/mol. The number of anilines is 2. The van der Waals surface area contributed by atoms with Gasteiger partial charge in [-0.1, -0.05) is 58.9 Å². The molecule has 0 aliphatic rings. The molecule has 0 aliphatic carbocycles. The number of nitrogen functional groups attached to an aromatic ring is 2. The minimum absolute atomic E-state index is 0.230. The fourth-order valence-electron chi connectivity index (χ4n) is 2.12. The van der Waals surface area contributed by atoms with Gasteiger partial charge in [-0.3, -0.25) is 0 Å². The lowest BCUT2D eigenvalue weighted by atomic mass is 9.87. The van der Waals surface area contributed by atoms with Gasteiger partial charge in [0.2, 0.25) is 0 Å². The maximum atomic E-state index is 5.58. The Morgan fingerprint density at radius 2 is 1.22 bits per heavy atom. The van der Waals surface area contributed by atoms with Crippen LogP contribution in [0.25, 0.3) is 0 Å². The van der Waals surface area contributed by atoms with Crippen LogP contribution in [0.2, 0.25) is 0 Å². The Bertz CT molecular complexity index is 560. The average Bonchev–Trinajstić information content (AvgIpc) is 2.47. The van der Waals surface area contributed by atoms with Crippen molar-refractivity contribution < 1.29 is 0 Å².